The van der Waals surface area contributed by atoms with Crippen LogP contribution in [-0.4, -0.2) is 9.97 Å². The molecule has 0 radical (unpaired) electrons. The molecule has 1 aliphatic rings. The van der Waals surface area contributed by atoms with Crippen molar-refractivity contribution in [1.29, 1.82) is 0 Å². The lowest BCUT2D eigenvalue weighted by molar-refractivity contribution is 0.299. The Morgan fingerprint density at radius 2 is 2.00 bits per heavy atom. The summed E-state index contributed by atoms with van der Waals surface area (Å²) in [6.07, 6.45) is 9.51. The number of halogens is 1. The van der Waals surface area contributed by atoms with E-state index in [2.05, 4.69) is 46.9 Å². The quantitative estimate of drug-likeness (QED) is 0.710. The topological polar surface area (TPSA) is 28.7 Å². The second-order valence-corrected chi connectivity index (χ2v) is 7.52. The molecule has 0 unspecified atom stereocenters. The molecule has 3 heteroatoms. The van der Waals surface area contributed by atoms with Crippen molar-refractivity contribution < 1.29 is 0 Å². The molecule has 0 atom stereocenters. The molecule has 1 N–H and O–H groups in total. The fourth-order valence-corrected chi connectivity index (χ4v) is 4.25. The summed E-state index contributed by atoms with van der Waals surface area (Å²) >= 11 is 3.57. The zero-order valence-electron chi connectivity index (χ0n) is 13.1. The second-order valence-electron chi connectivity index (χ2n) is 6.60. The predicted octanol–water partition coefficient (Wildman–Crippen LogP) is 6.10. The summed E-state index contributed by atoms with van der Waals surface area (Å²) in [4.78, 5) is 8.45. The average molecular weight is 349 g/mol. The number of aromatic nitrogens is 2. The van der Waals surface area contributed by atoms with Crippen molar-refractivity contribution in [2.75, 3.05) is 0 Å². The van der Waals surface area contributed by atoms with Gasteiger partial charge in [-0.15, -0.1) is 0 Å². The van der Waals surface area contributed by atoms with E-state index in [9.17, 15) is 0 Å². The smallest absolute Gasteiger partial charge is 0.110 e. The molecule has 1 aromatic heterocycles. The fraction of sp³-hybridized carbons (Fsp3) is 0.611. The van der Waals surface area contributed by atoms with Crippen LogP contribution in [0.5, 0.6) is 0 Å². The molecule has 114 valence electrons. The molecule has 0 aliphatic heterocycles. The zero-order valence-corrected chi connectivity index (χ0v) is 14.7. The van der Waals surface area contributed by atoms with Gasteiger partial charge in [0, 0.05) is 10.4 Å². The minimum Gasteiger partial charge on any atom is -0.342 e. The average Bonchev–Trinajstić information content (AvgIpc) is 2.90. The van der Waals surface area contributed by atoms with Crippen LogP contribution in [0.3, 0.4) is 0 Å². The summed E-state index contributed by atoms with van der Waals surface area (Å²) in [6.45, 7) is 4.43. The van der Waals surface area contributed by atoms with Crippen LogP contribution in [0.4, 0.5) is 0 Å². The van der Waals surface area contributed by atoms with E-state index >= 15 is 0 Å². The monoisotopic (exact) mass is 348 g/mol. The Morgan fingerprint density at radius 3 is 2.71 bits per heavy atom. The van der Waals surface area contributed by atoms with Crippen molar-refractivity contribution in [3.05, 3.63) is 28.0 Å². The summed E-state index contributed by atoms with van der Waals surface area (Å²) in [5, 5.41) is 0. The van der Waals surface area contributed by atoms with Gasteiger partial charge in [-0.2, -0.15) is 0 Å². The van der Waals surface area contributed by atoms with Gasteiger partial charge in [-0.1, -0.05) is 42.1 Å². The van der Waals surface area contributed by atoms with Gasteiger partial charge in [-0.3, -0.25) is 0 Å². The predicted molar refractivity (Wildman–Crippen MR) is 92.8 cm³/mol. The molecule has 2 aromatic rings. The zero-order chi connectivity index (χ0) is 14.8. The SMILES string of the molecule is CCCCC1CCC(c2nc3c(C)cc(Br)cc3[nH]2)CC1. The summed E-state index contributed by atoms with van der Waals surface area (Å²) in [6, 6.07) is 4.29. The Kier molecular flexibility index (Phi) is 4.68. The minimum atomic E-state index is 0.633. The van der Waals surface area contributed by atoms with E-state index in [4.69, 9.17) is 4.98 Å². The standard InChI is InChI=1S/C18H25BrN2/c1-3-4-5-13-6-8-14(9-7-13)18-20-16-11-15(19)10-12(2)17(16)21-18/h10-11,13-14H,3-9H2,1-2H3,(H,20,21). The number of hydrogen-bond donors (Lipinski definition) is 1. The maximum atomic E-state index is 4.89. The van der Waals surface area contributed by atoms with Crippen molar-refractivity contribution in [3.8, 4) is 0 Å². The number of fused-ring (bicyclic) bond motifs is 1. The van der Waals surface area contributed by atoms with Crippen LogP contribution in [0.1, 0.15) is 69.2 Å². The highest BCUT2D eigenvalue weighted by Gasteiger charge is 2.24. The Morgan fingerprint density at radius 1 is 1.24 bits per heavy atom. The Hall–Kier alpha value is -0.830. The van der Waals surface area contributed by atoms with Gasteiger partial charge < -0.3 is 4.98 Å². The van der Waals surface area contributed by atoms with Crippen LogP contribution in [-0.2, 0) is 0 Å². The van der Waals surface area contributed by atoms with E-state index in [1.54, 1.807) is 0 Å². The Labute approximate surface area is 135 Å². The van der Waals surface area contributed by atoms with Crippen molar-refractivity contribution in [2.24, 2.45) is 5.92 Å². The third-order valence-electron chi connectivity index (χ3n) is 4.96. The number of imidazole rings is 1. The molecule has 1 aromatic carbocycles. The summed E-state index contributed by atoms with van der Waals surface area (Å²) in [7, 11) is 0. The third kappa shape index (κ3) is 3.33. The van der Waals surface area contributed by atoms with Crippen molar-refractivity contribution in [1.82, 2.24) is 9.97 Å². The molecule has 0 saturated heterocycles. The maximum Gasteiger partial charge on any atom is 0.110 e. The number of aryl methyl sites for hydroxylation is 1. The number of aromatic amines is 1. The molecule has 1 aliphatic carbocycles. The Bertz CT molecular complexity index is 609. The number of nitrogens with zero attached hydrogens (tertiary/aromatic N) is 1. The third-order valence-corrected chi connectivity index (χ3v) is 5.42. The lowest BCUT2D eigenvalue weighted by Gasteiger charge is -2.27. The van der Waals surface area contributed by atoms with Gasteiger partial charge >= 0.3 is 0 Å². The first-order chi connectivity index (χ1) is 10.2. The molecule has 1 fully saturated rings. The van der Waals surface area contributed by atoms with Crippen LogP contribution in [0, 0.1) is 12.8 Å². The molecule has 1 heterocycles. The van der Waals surface area contributed by atoms with Gasteiger partial charge in [0.2, 0.25) is 0 Å². The van der Waals surface area contributed by atoms with Gasteiger partial charge in [0.05, 0.1) is 11.0 Å². The van der Waals surface area contributed by atoms with Gasteiger partial charge in [-0.25, -0.2) is 4.98 Å². The van der Waals surface area contributed by atoms with E-state index in [0.29, 0.717) is 5.92 Å². The largest absolute Gasteiger partial charge is 0.342 e. The highest BCUT2D eigenvalue weighted by Crippen LogP contribution is 2.37. The highest BCUT2D eigenvalue weighted by molar-refractivity contribution is 9.10. The van der Waals surface area contributed by atoms with E-state index in [0.717, 1.165) is 15.9 Å². The van der Waals surface area contributed by atoms with Crippen LogP contribution < -0.4 is 0 Å². The first-order valence-corrected chi connectivity index (χ1v) is 9.12. The normalized spacial score (nSPS) is 22.8. The van der Waals surface area contributed by atoms with Crippen LogP contribution >= 0.6 is 15.9 Å². The first-order valence-electron chi connectivity index (χ1n) is 8.33. The van der Waals surface area contributed by atoms with Gasteiger partial charge in [0.15, 0.2) is 0 Å². The number of H-pyrrole nitrogens is 1. The van der Waals surface area contributed by atoms with Crippen molar-refractivity contribution in [2.45, 2.75) is 64.7 Å². The maximum absolute atomic E-state index is 4.89. The van der Waals surface area contributed by atoms with Crippen LogP contribution in [0.25, 0.3) is 11.0 Å². The molecule has 0 spiro atoms. The number of rotatable bonds is 4. The minimum absolute atomic E-state index is 0.633. The summed E-state index contributed by atoms with van der Waals surface area (Å²) < 4.78 is 1.13. The van der Waals surface area contributed by atoms with Gasteiger partial charge in [0.1, 0.15) is 5.82 Å². The molecular formula is C18H25BrN2. The van der Waals surface area contributed by atoms with E-state index in [1.807, 2.05) is 0 Å². The number of nitrogens with one attached hydrogen (secondary N) is 1. The molecule has 1 saturated carbocycles. The number of unbranched alkanes of at least 4 members (excludes halogenated alkanes) is 1. The summed E-state index contributed by atoms with van der Waals surface area (Å²) in [5.74, 6) is 2.80. The fourth-order valence-electron chi connectivity index (χ4n) is 3.68. The van der Waals surface area contributed by atoms with Crippen molar-refractivity contribution in [3.63, 3.8) is 0 Å². The molecule has 0 bridgehead atoms. The lowest BCUT2D eigenvalue weighted by atomic mass is 9.79. The molecule has 21 heavy (non-hydrogen) atoms. The lowest BCUT2D eigenvalue weighted by Crippen LogP contribution is -2.14. The molecule has 0 amide bonds. The van der Waals surface area contributed by atoms with Gasteiger partial charge in [-0.05, 0) is 56.2 Å². The first kappa shape index (κ1) is 15.1. The van der Waals surface area contributed by atoms with Crippen LogP contribution in [0.2, 0.25) is 0 Å². The van der Waals surface area contributed by atoms with Gasteiger partial charge in [0.25, 0.3) is 0 Å². The van der Waals surface area contributed by atoms with E-state index < -0.39 is 0 Å². The number of benzene rings is 1. The Balaban J connectivity index is 1.72. The molecule has 2 nitrogen and oxygen atoms in total. The molecule has 3 rings (SSSR count). The highest BCUT2D eigenvalue weighted by atomic mass is 79.9. The van der Waals surface area contributed by atoms with E-state index in [-0.39, 0.29) is 0 Å². The summed E-state index contributed by atoms with van der Waals surface area (Å²) in [5.41, 5.74) is 3.56. The van der Waals surface area contributed by atoms with Crippen LogP contribution in [0.15, 0.2) is 16.6 Å². The van der Waals surface area contributed by atoms with E-state index in [1.165, 1.54) is 61.9 Å². The molecular weight excluding hydrogens is 324 g/mol. The van der Waals surface area contributed by atoms with Crippen molar-refractivity contribution >= 4 is 27.0 Å². The second kappa shape index (κ2) is 6.51. The number of hydrogen-bond acceptors (Lipinski definition) is 1.